The summed E-state index contributed by atoms with van der Waals surface area (Å²) in [6.07, 6.45) is 2.08. The molecule has 2 heterocycles. The van der Waals surface area contributed by atoms with Crippen LogP contribution in [0, 0.1) is 6.92 Å². The van der Waals surface area contributed by atoms with Crippen LogP contribution in [0.3, 0.4) is 0 Å². The van der Waals surface area contributed by atoms with Crippen LogP contribution in [0.15, 0.2) is 12.1 Å². The average molecular weight is 317 g/mol. The SMILES string of the molecule is CC[C@H]1COCCN1C(=O)Nc1cc(C)c2c(c1)CCC(=O)N2. The Kier molecular flexibility index (Phi) is 4.52. The number of carbonyl (C=O) groups is 2. The number of benzene rings is 1. The predicted molar refractivity (Wildman–Crippen MR) is 88.8 cm³/mol. The lowest BCUT2D eigenvalue weighted by molar-refractivity contribution is -0.116. The number of aryl methyl sites for hydroxylation is 2. The lowest BCUT2D eigenvalue weighted by atomic mass is 9.98. The van der Waals surface area contributed by atoms with E-state index in [0.29, 0.717) is 32.6 Å². The van der Waals surface area contributed by atoms with Gasteiger partial charge in [-0.1, -0.05) is 6.92 Å². The summed E-state index contributed by atoms with van der Waals surface area (Å²) in [5, 5.41) is 5.91. The first kappa shape index (κ1) is 15.8. The van der Waals surface area contributed by atoms with Gasteiger partial charge in [0.05, 0.1) is 19.3 Å². The molecule has 3 amide bonds. The number of anilines is 2. The monoisotopic (exact) mass is 317 g/mol. The van der Waals surface area contributed by atoms with Gasteiger partial charge in [-0.3, -0.25) is 4.79 Å². The van der Waals surface area contributed by atoms with E-state index in [1.54, 1.807) is 0 Å². The molecule has 0 unspecified atom stereocenters. The maximum absolute atomic E-state index is 12.6. The maximum atomic E-state index is 12.6. The smallest absolute Gasteiger partial charge is 0.322 e. The van der Waals surface area contributed by atoms with Crippen LogP contribution in [0.5, 0.6) is 0 Å². The first-order chi connectivity index (χ1) is 11.1. The second kappa shape index (κ2) is 6.58. The number of nitrogens with zero attached hydrogens (tertiary/aromatic N) is 1. The lowest BCUT2D eigenvalue weighted by Crippen LogP contribution is -2.50. The highest BCUT2D eigenvalue weighted by Gasteiger charge is 2.26. The number of nitrogens with one attached hydrogen (secondary N) is 2. The number of ether oxygens (including phenoxy) is 1. The van der Waals surface area contributed by atoms with Crippen LogP contribution in [0.25, 0.3) is 0 Å². The summed E-state index contributed by atoms with van der Waals surface area (Å²) in [6.45, 7) is 5.80. The van der Waals surface area contributed by atoms with Crippen LogP contribution in [0.4, 0.5) is 16.2 Å². The van der Waals surface area contributed by atoms with Crippen molar-refractivity contribution in [3.05, 3.63) is 23.3 Å². The Bertz CT molecular complexity index is 630. The zero-order valence-electron chi connectivity index (χ0n) is 13.6. The van der Waals surface area contributed by atoms with Crippen molar-refractivity contribution in [2.75, 3.05) is 30.4 Å². The Labute approximate surface area is 136 Å². The molecule has 2 N–H and O–H groups in total. The fourth-order valence-corrected chi connectivity index (χ4v) is 3.21. The maximum Gasteiger partial charge on any atom is 0.322 e. The van der Waals surface area contributed by atoms with E-state index in [9.17, 15) is 9.59 Å². The molecule has 1 aromatic carbocycles. The van der Waals surface area contributed by atoms with Crippen molar-refractivity contribution in [3.8, 4) is 0 Å². The molecule has 0 aromatic heterocycles. The molecule has 3 rings (SSSR count). The first-order valence-electron chi connectivity index (χ1n) is 8.17. The summed E-state index contributed by atoms with van der Waals surface area (Å²) in [4.78, 5) is 25.9. The highest BCUT2D eigenvalue weighted by Crippen LogP contribution is 2.30. The molecule has 23 heavy (non-hydrogen) atoms. The summed E-state index contributed by atoms with van der Waals surface area (Å²) in [5.41, 5.74) is 3.72. The summed E-state index contributed by atoms with van der Waals surface area (Å²) in [5.74, 6) is 0.0523. The molecule has 6 heteroatoms. The van der Waals surface area contributed by atoms with Crippen molar-refractivity contribution in [3.63, 3.8) is 0 Å². The van der Waals surface area contributed by atoms with E-state index < -0.39 is 0 Å². The highest BCUT2D eigenvalue weighted by molar-refractivity contribution is 5.96. The Morgan fingerprint density at radius 1 is 1.43 bits per heavy atom. The minimum atomic E-state index is -0.0839. The molecule has 6 nitrogen and oxygen atoms in total. The third-order valence-corrected chi connectivity index (χ3v) is 4.51. The van der Waals surface area contributed by atoms with Crippen molar-refractivity contribution in [2.24, 2.45) is 0 Å². The third-order valence-electron chi connectivity index (χ3n) is 4.51. The van der Waals surface area contributed by atoms with Gasteiger partial charge < -0.3 is 20.3 Å². The lowest BCUT2D eigenvalue weighted by Gasteiger charge is -2.35. The van der Waals surface area contributed by atoms with E-state index in [1.807, 2.05) is 24.0 Å². The predicted octanol–water partition coefficient (Wildman–Crippen LogP) is 2.52. The van der Waals surface area contributed by atoms with Gasteiger partial charge in [-0.15, -0.1) is 0 Å². The molecule has 0 spiro atoms. The Morgan fingerprint density at radius 3 is 3.04 bits per heavy atom. The molecule has 0 saturated carbocycles. The van der Waals surface area contributed by atoms with Gasteiger partial charge in [0.25, 0.3) is 0 Å². The van der Waals surface area contributed by atoms with Crippen LogP contribution in [0.1, 0.15) is 30.9 Å². The molecule has 0 bridgehead atoms. The van der Waals surface area contributed by atoms with Crippen LogP contribution in [-0.4, -0.2) is 42.6 Å². The van der Waals surface area contributed by atoms with Crippen molar-refractivity contribution >= 4 is 23.3 Å². The van der Waals surface area contributed by atoms with Gasteiger partial charge in [0.1, 0.15) is 0 Å². The minimum absolute atomic E-state index is 0.0523. The third kappa shape index (κ3) is 3.32. The normalized spacial score (nSPS) is 20.7. The molecule has 2 aliphatic heterocycles. The van der Waals surface area contributed by atoms with E-state index in [1.165, 1.54) is 0 Å². The van der Waals surface area contributed by atoms with Gasteiger partial charge in [0.2, 0.25) is 5.91 Å². The van der Waals surface area contributed by atoms with Crippen molar-refractivity contribution in [1.29, 1.82) is 0 Å². The molecule has 1 fully saturated rings. The standard InChI is InChI=1S/C17H23N3O3/c1-3-14-10-23-7-6-20(14)17(22)18-13-8-11(2)16-12(9-13)4-5-15(21)19-16/h8-9,14H,3-7,10H2,1-2H3,(H,18,22)(H,19,21)/t14-/m0/s1. The van der Waals surface area contributed by atoms with Gasteiger partial charge in [-0.2, -0.15) is 0 Å². The zero-order chi connectivity index (χ0) is 16.4. The number of fused-ring (bicyclic) bond motifs is 1. The fourth-order valence-electron chi connectivity index (χ4n) is 3.21. The van der Waals surface area contributed by atoms with Crippen molar-refractivity contribution in [2.45, 2.75) is 39.2 Å². The Hall–Kier alpha value is -2.08. The molecule has 0 aliphatic carbocycles. The number of hydrogen-bond donors (Lipinski definition) is 2. The van der Waals surface area contributed by atoms with Gasteiger partial charge in [-0.25, -0.2) is 4.79 Å². The summed E-state index contributed by atoms with van der Waals surface area (Å²) in [6, 6.07) is 3.91. The van der Waals surface area contributed by atoms with E-state index in [2.05, 4.69) is 17.6 Å². The molecular weight excluding hydrogens is 294 g/mol. The van der Waals surface area contributed by atoms with E-state index in [-0.39, 0.29) is 18.0 Å². The van der Waals surface area contributed by atoms with Gasteiger partial charge >= 0.3 is 6.03 Å². The molecule has 1 saturated heterocycles. The number of urea groups is 1. The highest BCUT2D eigenvalue weighted by atomic mass is 16.5. The van der Waals surface area contributed by atoms with Crippen LogP contribution in [0.2, 0.25) is 0 Å². The first-order valence-corrected chi connectivity index (χ1v) is 8.17. The molecule has 0 radical (unpaired) electrons. The molecule has 1 atom stereocenters. The summed E-state index contributed by atoms with van der Waals surface area (Å²) < 4.78 is 5.45. The average Bonchev–Trinajstić information content (AvgIpc) is 2.55. The van der Waals surface area contributed by atoms with E-state index in [4.69, 9.17) is 4.74 Å². The summed E-state index contributed by atoms with van der Waals surface area (Å²) >= 11 is 0. The molecule has 1 aromatic rings. The second-order valence-corrected chi connectivity index (χ2v) is 6.14. The van der Waals surface area contributed by atoms with Gasteiger partial charge in [0, 0.05) is 24.3 Å². The molecule has 124 valence electrons. The van der Waals surface area contributed by atoms with Gasteiger partial charge in [-0.05, 0) is 43.0 Å². The largest absolute Gasteiger partial charge is 0.377 e. The number of morpholine rings is 1. The zero-order valence-corrected chi connectivity index (χ0v) is 13.6. The van der Waals surface area contributed by atoms with Crippen LogP contribution >= 0.6 is 0 Å². The molecular formula is C17H23N3O3. The Morgan fingerprint density at radius 2 is 2.26 bits per heavy atom. The minimum Gasteiger partial charge on any atom is -0.377 e. The number of rotatable bonds is 2. The Balaban J connectivity index is 1.76. The van der Waals surface area contributed by atoms with Crippen molar-refractivity contribution in [1.82, 2.24) is 4.90 Å². The quantitative estimate of drug-likeness (QED) is 0.880. The topological polar surface area (TPSA) is 70.7 Å². The van der Waals surface area contributed by atoms with E-state index in [0.717, 1.165) is 28.9 Å². The number of amides is 3. The summed E-state index contributed by atoms with van der Waals surface area (Å²) in [7, 11) is 0. The molecule has 2 aliphatic rings. The fraction of sp³-hybridized carbons (Fsp3) is 0.529. The van der Waals surface area contributed by atoms with Crippen molar-refractivity contribution < 1.29 is 14.3 Å². The van der Waals surface area contributed by atoms with Gasteiger partial charge in [0.15, 0.2) is 0 Å². The van der Waals surface area contributed by atoms with Crippen LogP contribution < -0.4 is 10.6 Å². The van der Waals surface area contributed by atoms with E-state index >= 15 is 0 Å². The van der Waals surface area contributed by atoms with Crippen LogP contribution in [-0.2, 0) is 16.0 Å². The number of hydrogen-bond acceptors (Lipinski definition) is 3. The number of carbonyl (C=O) groups excluding carboxylic acids is 2. The second-order valence-electron chi connectivity index (χ2n) is 6.14.